The van der Waals surface area contributed by atoms with Crippen LogP contribution in [-0.2, 0) is 22.1 Å². The quantitative estimate of drug-likeness (QED) is 0.395. The van der Waals surface area contributed by atoms with E-state index in [0.717, 1.165) is 16.0 Å². The van der Waals surface area contributed by atoms with Crippen LogP contribution in [-0.4, -0.2) is 34.6 Å². The SMILES string of the molecule is CP(C)(=O)Cc1ccc(COC(=O)On2nnc3ccccc32)cc1. The van der Waals surface area contributed by atoms with Gasteiger partial charge in [0.25, 0.3) is 0 Å². The van der Waals surface area contributed by atoms with Crippen LogP contribution in [0.4, 0.5) is 4.79 Å². The van der Waals surface area contributed by atoms with Crippen molar-refractivity contribution in [1.82, 2.24) is 15.2 Å². The Balaban J connectivity index is 1.56. The van der Waals surface area contributed by atoms with E-state index in [-0.39, 0.29) is 6.61 Å². The molecule has 25 heavy (non-hydrogen) atoms. The molecule has 0 radical (unpaired) electrons. The molecule has 0 aliphatic carbocycles. The molecule has 0 N–H and O–H groups in total. The van der Waals surface area contributed by atoms with Gasteiger partial charge in [0.1, 0.15) is 17.6 Å². The maximum Gasteiger partial charge on any atom is 0.535 e. The van der Waals surface area contributed by atoms with Gasteiger partial charge in [0.2, 0.25) is 0 Å². The summed E-state index contributed by atoms with van der Waals surface area (Å²) in [5.74, 6) is 0. The van der Waals surface area contributed by atoms with Crippen molar-refractivity contribution in [3.63, 3.8) is 0 Å². The third-order valence-electron chi connectivity index (χ3n) is 3.43. The highest BCUT2D eigenvalue weighted by Gasteiger charge is 2.12. The van der Waals surface area contributed by atoms with E-state index in [1.54, 1.807) is 31.5 Å². The Morgan fingerprint density at radius 1 is 1.08 bits per heavy atom. The summed E-state index contributed by atoms with van der Waals surface area (Å²) in [6, 6.07) is 14.6. The zero-order valence-electron chi connectivity index (χ0n) is 14.0. The number of fused-ring (bicyclic) bond motifs is 1. The van der Waals surface area contributed by atoms with E-state index >= 15 is 0 Å². The number of rotatable bonds is 5. The smallest absolute Gasteiger partial charge is 0.428 e. The predicted molar refractivity (Wildman–Crippen MR) is 93.9 cm³/mol. The van der Waals surface area contributed by atoms with Crippen LogP contribution in [0, 0.1) is 0 Å². The minimum Gasteiger partial charge on any atom is -0.428 e. The Hall–Kier alpha value is -2.66. The van der Waals surface area contributed by atoms with Gasteiger partial charge in [0.05, 0.1) is 7.14 Å². The molecule has 130 valence electrons. The number of hydrogen-bond acceptors (Lipinski definition) is 6. The van der Waals surface area contributed by atoms with Gasteiger partial charge in [-0.3, -0.25) is 4.84 Å². The van der Waals surface area contributed by atoms with Crippen molar-refractivity contribution in [1.29, 1.82) is 0 Å². The molecule has 0 saturated carbocycles. The second kappa shape index (κ2) is 7.07. The summed E-state index contributed by atoms with van der Waals surface area (Å²) >= 11 is 0. The highest BCUT2D eigenvalue weighted by Crippen LogP contribution is 2.40. The van der Waals surface area contributed by atoms with Gasteiger partial charge in [-0.15, -0.1) is 5.10 Å². The first-order chi connectivity index (χ1) is 11.9. The second-order valence-electron chi connectivity index (χ2n) is 6.13. The molecule has 1 aromatic heterocycles. The molecule has 8 heteroatoms. The van der Waals surface area contributed by atoms with Crippen LogP contribution in [0.25, 0.3) is 11.0 Å². The molecule has 0 fully saturated rings. The largest absolute Gasteiger partial charge is 0.535 e. The predicted octanol–water partition coefficient (Wildman–Crippen LogP) is 3.32. The van der Waals surface area contributed by atoms with Gasteiger partial charge in [0.15, 0.2) is 0 Å². The minimum atomic E-state index is -2.11. The normalized spacial score (nSPS) is 11.4. The zero-order valence-corrected chi connectivity index (χ0v) is 14.8. The molecule has 0 atom stereocenters. The highest BCUT2D eigenvalue weighted by molar-refractivity contribution is 7.61. The van der Waals surface area contributed by atoms with E-state index in [9.17, 15) is 9.36 Å². The zero-order chi connectivity index (χ0) is 17.9. The topological polar surface area (TPSA) is 83.3 Å². The Morgan fingerprint density at radius 3 is 2.48 bits per heavy atom. The molecule has 1 heterocycles. The van der Waals surface area contributed by atoms with Crippen LogP contribution >= 0.6 is 7.14 Å². The van der Waals surface area contributed by atoms with Crippen LogP contribution in [0.3, 0.4) is 0 Å². The number of para-hydroxylation sites is 1. The van der Waals surface area contributed by atoms with Crippen LogP contribution in [0.2, 0.25) is 0 Å². The van der Waals surface area contributed by atoms with Crippen molar-refractivity contribution >= 4 is 24.3 Å². The van der Waals surface area contributed by atoms with Crippen molar-refractivity contribution in [2.24, 2.45) is 0 Å². The molecule has 7 nitrogen and oxygen atoms in total. The number of ether oxygens (including phenoxy) is 1. The van der Waals surface area contributed by atoms with Gasteiger partial charge in [-0.2, -0.15) is 0 Å². The maximum absolute atomic E-state index is 11.8. The summed E-state index contributed by atoms with van der Waals surface area (Å²) in [5.41, 5.74) is 3.00. The molecule has 0 saturated heterocycles. The summed E-state index contributed by atoms with van der Waals surface area (Å²) in [7, 11) is -2.11. The Kier molecular flexibility index (Phi) is 4.86. The first kappa shape index (κ1) is 17.2. The fraction of sp³-hybridized carbons (Fsp3) is 0.235. The van der Waals surface area contributed by atoms with Gasteiger partial charge in [0, 0.05) is 6.16 Å². The van der Waals surface area contributed by atoms with Crippen molar-refractivity contribution in [3.8, 4) is 0 Å². The standard InChI is InChI=1S/C17H18N3O4P/c1-25(2,22)12-14-9-7-13(8-10-14)11-23-17(21)24-20-16-6-4-3-5-15(16)18-19-20/h3-10H,11-12H2,1-2H3. The van der Waals surface area contributed by atoms with Gasteiger partial charge < -0.3 is 9.30 Å². The van der Waals surface area contributed by atoms with E-state index in [1.165, 1.54) is 0 Å². The van der Waals surface area contributed by atoms with E-state index in [0.29, 0.717) is 17.2 Å². The molecule has 0 unspecified atom stereocenters. The first-order valence-corrected chi connectivity index (χ1v) is 10.5. The number of benzene rings is 2. The van der Waals surface area contributed by atoms with E-state index in [1.807, 2.05) is 30.3 Å². The number of aromatic nitrogens is 3. The molecular weight excluding hydrogens is 341 g/mol. The number of carbonyl (C=O) groups is 1. The molecular formula is C17H18N3O4P. The van der Waals surface area contributed by atoms with E-state index in [4.69, 9.17) is 9.57 Å². The summed E-state index contributed by atoms with van der Waals surface area (Å²) in [6.07, 6.45) is -0.318. The number of hydrogen-bond donors (Lipinski definition) is 0. The van der Waals surface area contributed by atoms with Crippen molar-refractivity contribution in [3.05, 3.63) is 59.7 Å². The summed E-state index contributed by atoms with van der Waals surface area (Å²) in [4.78, 5) is 17.9. The van der Waals surface area contributed by atoms with Crippen LogP contribution < -0.4 is 4.84 Å². The van der Waals surface area contributed by atoms with Gasteiger partial charge in [-0.05, 0) is 41.8 Å². The summed E-state index contributed by atoms with van der Waals surface area (Å²) in [5, 5.41) is 7.64. The second-order valence-corrected chi connectivity index (χ2v) is 9.59. The van der Waals surface area contributed by atoms with Gasteiger partial charge in [-0.1, -0.05) is 41.2 Å². The van der Waals surface area contributed by atoms with Gasteiger partial charge >= 0.3 is 6.16 Å². The highest BCUT2D eigenvalue weighted by atomic mass is 31.2. The van der Waals surface area contributed by atoms with Crippen molar-refractivity contribution in [2.45, 2.75) is 12.8 Å². The molecule has 0 aliphatic rings. The van der Waals surface area contributed by atoms with Crippen LogP contribution in [0.5, 0.6) is 0 Å². The lowest BCUT2D eigenvalue weighted by molar-refractivity contribution is 0.0347. The Morgan fingerprint density at radius 2 is 1.76 bits per heavy atom. The molecule has 0 bridgehead atoms. The lowest BCUT2D eigenvalue weighted by Gasteiger charge is -2.08. The average molecular weight is 359 g/mol. The lowest BCUT2D eigenvalue weighted by atomic mass is 10.2. The summed E-state index contributed by atoms with van der Waals surface area (Å²) < 4.78 is 16.9. The Labute approximate surface area is 144 Å². The third-order valence-corrected chi connectivity index (χ3v) is 4.55. The van der Waals surface area contributed by atoms with Crippen molar-refractivity contribution < 1.29 is 18.9 Å². The van der Waals surface area contributed by atoms with Crippen LogP contribution in [0.1, 0.15) is 11.1 Å². The van der Waals surface area contributed by atoms with Gasteiger partial charge in [-0.25, -0.2) is 4.79 Å². The third kappa shape index (κ3) is 4.67. The number of carbonyl (C=O) groups excluding carboxylic acids is 1. The maximum atomic E-state index is 11.8. The monoisotopic (exact) mass is 359 g/mol. The fourth-order valence-electron chi connectivity index (χ4n) is 2.33. The molecule has 0 spiro atoms. The average Bonchev–Trinajstić information content (AvgIpc) is 2.96. The van der Waals surface area contributed by atoms with Crippen LogP contribution in [0.15, 0.2) is 48.5 Å². The van der Waals surface area contributed by atoms with E-state index in [2.05, 4.69) is 10.3 Å². The molecule has 2 aromatic carbocycles. The molecule has 3 rings (SSSR count). The van der Waals surface area contributed by atoms with E-state index < -0.39 is 13.3 Å². The minimum absolute atomic E-state index is 0.0711. The fourth-order valence-corrected chi connectivity index (χ4v) is 3.42. The first-order valence-electron chi connectivity index (χ1n) is 7.68. The van der Waals surface area contributed by atoms with Crippen molar-refractivity contribution in [2.75, 3.05) is 13.3 Å². The molecule has 0 aliphatic heterocycles. The number of nitrogens with zero attached hydrogens (tertiary/aromatic N) is 3. The molecule has 0 amide bonds. The molecule has 3 aromatic rings. The Bertz CT molecular complexity index is 930. The lowest BCUT2D eigenvalue weighted by Crippen LogP contribution is -2.21. The summed E-state index contributed by atoms with van der Waals surface area (Å²) in [6.45, 7) is 3.59.